The van der Waals surface area contributed by atoms with Crippen molar-refractivity contribution in [3.8, 4) is 0 Å². The SMILES string of the molecule is Clc1ccc(C2=Nn3cnnc3SC2)cc1. The summed E-state index contributed by atoms with van der Waals surface area (Å²) in [6.07, 6.45) is 1.61. The van der Waals surface area contributed by atoms with Crippen LogP contribution in [0.1, 0.15) is 5.56 Å². The maximum Gasteiger partial charge on any atom is 0.212 e. The van der Waals surface area contributed by atoms with Gasteiger partial charge in [0.2, 0.25) is 5.16 Å². The highest BCUT2D eigenvalue weighted by Crippen LogP contribution is 2.22. The second-order valence-electron chi connectivity index (χ2n) is 3.30. The van der Waals surface area contributed by atoms with Gasteiger partial charge in [-0.3, -0.25) is 0 Å². The summed E-state index contributed by atoms with van der Waals surface area (Å²) in [5.41, 5.74) is 2.09. The molecule has 1 aromatic carbocycles. The predicted molar refractivity (Wildman–Crippen MR) is 64.1 cm³/mol. The van der Waals surface area contributed by atoms with Gasteiger partial charge in [-0.05, 0) is 17.7 Å². The Balaban J connectivity index is 2.00. The van der Waals surface area contributed by atoms with Crippen molar-refractivity contribution < 1.29 is 0 Å². The van der Waals surface area contributed by atoms with Crippen molar-refractivity contribution in [2.24, 2.45) is 5.10 Å². The lowest BCUT2D eigenvalue weighted by Gasteiger charge is -2.11. The van der Waals surface area contributed by atoms with E-state index in [1.807, 2.05) is 24.3 Å². The molecule has 0 bridgehead atoms. The number of benzene rings is 1. The van der Waals surface area contributed by atoms with Gasteiger partial charge in [-0.15, -0.1) is 10.2 Å². The van der Waals surface area contributed by atoms with E-state index in [0.717, 1.165) is 27.2 Å². The van der Waals surface area contributed by atoms with Crippen LogP contribution in [0.25, 0.3) is 0 Å². The first-order chi connectivity index (χ1) is 7.83. The lowest BCUT2D eigenvalue weighted by Crippen LogP contribution is -2.12. The van der Waals surface area contributed by atoms with Crippen molar-refractivity contribution in [3.63, 3.8) is 0 Å². The normalized spacial score (nSPS) is 14.4. The number of aromatic nitrogens is 3. The third-order valence-electron chi connectivity index (χ3n) is 2.24. The standard InChI is InChI=1S/C10H7ClN4S/c11-8-3-1-7(2-4-8)9-5-16-10-13-12-6-15(10)14-9/h1-4,6H,5H2. The molecule has 0 spiro atoms. The van der Waals surface area contributed by atoms with Crippen molar-refractivity contribution in [3.05, 3.63) is 41.2 Å². The predicted octanol–water partition coefficient (Wildman–Crippen LogP) is 2.29. The van der Waals surface area contributed by atoms with Gasteiger partial charge in [-0.2, -0.15) is 9.78 Å². The van der Waals surface area contributed by atoms with Crippen molar-refractivity contribution in [2.45, 2.75) is 5.16 Å². The fourth-order valence-electron chi connectivity index (χ4n) is 1.46. The molecule has 4 nitrogen and oxygen atoms in total. The average Bonchev–Trinajstić information content (AvgIpc) is 2.77. The topological polar surface area (TPSA) is 43.1 Å². The third kappa shape index (κ3) is 1.72. The van der Waals surface area contributed by atoms with Crippen LogP contribution >= 0.6 is 23.4 Å². The van der Waals surface area contributed by atoms with Gasteiger partial charge in [-0.1, -0.05) is 35.5 Å². The first-order valence-electron chi connectivity index (χ1n) is 4.69. The van der Waals surface area contributed by atoms with Crippen LogP contribution < -0.4 is 0 Å². The van der Waals surface area contributed by atoms with Crippen LogP contribution in [0.4, 0.5) is 0 Å². The summed E-state index contributed by atoms with van der Waals surface area (Å²) in [4.78, 5) is 0. The van der Waals surface area contributed by atoms with E-state index in [4.69, 9.17) is 11.6 Å². The van der Waals surface area contributed by atoms with Gasteiger partial charge < -0.3 is 0 Å². The quantitative estimate of drug-likeness (QED) is 0.780. The maximum atomic E-state index is 5.84. The molecule has 2 aromatic rings. The Morgan fingerprint density at radius 3 is 2.88 bits per heavy atom. The molecule has 1 aromatic heterocycles. The second-order valence-corrected chi connectivity index (χ2v) is 4.68. The van der Waals surface area contributed by atoms with Gasteiger partial charge in [-0.25, -0.2) is 0 Å². The molecule has 0 saturated carbocycles. The summed E-state index contributed by atoms with van der Waals surface area (Å²) in [5.74, 6) is 0.806. The molecule has 0 atom stereocenters. The Labute approximate surface area is 101 Å². The Morgan fingerprint density at radius 2 is 2.06 bits per heavy atom. The molecular weight excluding hydrogens is 244 g/mol. The first-order valence-corrected chi connectivity index (χ1v) is 6.06. The number of halogens is 1. The van der Waals surface area contributed by atoms with E-state index < -0.39 is 0 Å². The summed E-state index contributed by atoms with van der Waals surface area (Å²) < 4.78 is 1.69. The van der Waals surface area contributed by atoms with Crippen molar-refractivity contribution in [2.75, 3.05) is 5.75 Å². The molecular formula is C10H7ClN4S. The molecule has 1 aliphatic heterocycles. The molecule has 0 unspecified atom stereocenters. The van der Waals surface area contributed by atoms with Gasteiger partial charge in [0.25, 0.3) is 0 Å². The number of thioether (sulfide) groups is 1. The van der Waals surface area contributed by atoms with E-state index in [9.17, 15) is 0 Å². The Bertz CT molecular complexity index is 546. The minimum atomic E-state index is 0.734. The summed E-state index contributed by atoms with van der Waals surface area (Å²) in [5, 5.41) is 13.8. The van der Waals surface area contributed by atoms with E-state index in [1.165, 1.54) is 0 Å². The molecule has 0 aliphatic carbocycles. The van der Waals surface area contributed by atoms with Crippen LogP contribution in [0.15, 0.2) is 40.9 Å². The van der Waals surface area contributed by atoms with E-state index in [0.29, 0.717) is 0 Å². The van der Waals surface area contributed by atoms with Crippen molar-refractivity contribution in [1.29, 1.82) is 0 Å². The Hall–Kier alpha value is -1.33. The van der Waals surface area contributed by atoms with Crippen LogP contribution in [0.3, 0.4) is 0 Å². The molecule has 80 valence electrons. The molecule has 2 heterocycles. The van der Waals surface area contributed by atoms with E-state index in [-0.39, 0.29) is 0 Å². The maximum absolute atomic E-state index is 5.84. The number of nitrogens with zero attached hydrogens (tertiary/aromatic N) is 4. The van der Waals surface area contributed by atoms with Gasteiger partial charge in [0.15, 0.2) is 0 Å². The third-order valence-corrected chi connectivity index (χ3v) is 3.44. The molecule has 16 heavy (non-hydrogen) atoms. The molecule has 1 aliphatic rings. The minimum absolute atomic E-state index is 0.734. The van der Waals surface area contributed by atoms with Gasteiger partial charge in [0, 0.05) is 10.8 Å². The smallest absolute Gasteiger partial charge is 0.194 e. The van der Waals surface area contributed by atoms with Crippen LogP contribution in [0.2, 0.25) is 5.02 Å². The monoisotopic (exact) mass is 250 g/mol. The van der Waals surface area contributed by atoms with Gasteiger partial charge >= 0.3 is 0 Å². The summed E-state index contributed by atoms with van der Waals surface area (Å²) in [7, 11) is 0. The van der Waals surface area contributed by atoms with Crippen molar-refractivity contribution >= 4 is 29.1 Å². The van der Waals surface area contributed by atoms with E-state index in [2.05, 4.69) is 15.3 Å². The fraction of sp³-hybridized carbons (Fsp3) is 0.100. The molecule has 6 heteroatoms. The van der Waals surface area contributed by atoms with Crippen LogP contribution in [0, 0.1) is 0 Å². The van der Waals surface area contributed by atoms with E-state index in [1.54, 1.807) is 22.8 Å². The molecule has 0 N–H and O–H groups in total. The summed E-state index contributed by atoms with van der Waals surface area (Å²) in [6, 6.07) is 7.67. The first kappa shape index (κ1) is 9.86. The van der Waals surface area contributed by atoms with Crippen LogP contribution in [-0.2, 0) is 0 Å². The lowest BCUT2D eigenvalue weighted by atomic mass is 10.1. The summed E-state index contributed by atoms with van der Waals surface area (Å²) in [6.45, 7) is 0. The van der Waals surface area contributed by atoms with E-state index >= 15 is 0 Å². The van der Waals surface area contributed by atoms with Crippen LogP contribution in [0.5, 0.6) is 0 Å². The number of hydrogen-bond donors (Lipinski definition) is 0. The zero-order chi connectivity index (χ0) is 11.0. The van der Waals surface area contributed by atoms with Gasteiger partial charge in [0.05, 0.1) is 5.71 Å². The highest BCUT2D eigenvalue weighted by atomic mass is 35.5. The molecule has 3 rings (SSSR count). The number of hydrogen-bond acceptors (Lipinski definition) is 4. The number of rotatable bonds is 1. The second kappa shape index (κ2) is 3.92. The molecule has 0 amide bonds. The highest BCUT2D eigenvalue weighted by Gasteiger charge is 2.15. The van der Waals surface area contributed by atoms with Crippen LogP contribution in [-0.4, -0.2) is 26.3 Å². The largest absolute Gasteiger partial charge is 0.212 e. The minimum Gasteiger partial charge on any atom is -0.194 e. The fourth-order valence-corrected chi connectivity index (χ4v) is 2.40. The number of fused-ring (bicyclic) bond motifs is 1. The lowest BCUT2D eigenvalue weighted by molar-refractivity contribution is 0.756. The van der Waals surface area contributed by atoms with Crippen molar-refractivity contribution in [1.82, 2.24) is 14.9 Å². The molecule has 0 radical (unpaired) electrons. The Kier molecular flexibility index (Phi) is 2.41. The van der Waals surface area contributed by atoms with Gasteiger partial charge in [0.1, 0.15) is 6.33 Å². The Morgan fingerprint density at radius 1 is 1.25 bits per heavy atom. The zero-order valence-corrected chi connectivity index (χ0v) is 9.74. The molecule has 0 fully saturated rings. The average molecular weight is 251 g/mol. The zero-order valence-electron chi connectivity index (χ0n) is 8.17. The highest BCUT2D eigenvalue weighted by molar-refractivity contribution is 7.99. The summed E-state index contributed by atoms with van der Waals surface area (Å²) >= 11 is 7.47. The molecule has 0 saturated heterocycles.